The molecule has 0 spiro atoms. The number of hydrogen-bond donors (Lipinski definition) is 1. The van der Waals surface area contributed by atoms with Crippen molar-refractivity contribution >= 4 is 27.7 Å². The minimum atomic E-state index is -0.995. The van der Waals surface area contributed by atoms with Crippen LogP contribution in [-0.2, 0) is 0 Å². The van der Waals surface area contributed by atoms with E-state index in [1.807, 2.05) is 0 Å². The van der Waals surface area contributed by atoms with Gasteiger partial charge in [-0.2, -0.15) is 0 Å². The van der Waals surface area contributed by atoms with E-state index in [9.17, 15) is 15.2 Å². The first-order valence-corrected chi connectivity index (χ1v) is 5.29. The van der Waals surface area contributed by atoms with Crippen molar-refractivity contribution in [1.29, 1.82) is 0 Å². The Kier molecular flexibility index (Phi) is 2.69. The maximum atomic E-state index is 10.7. The number of rotatable bonds is 1. The molecule has 0 amide bonds. The maximum absolute atomic E-state index is 10.7. The van der Waals surface area contributed by atoms with E-state index in [0.717, 1.165) is 0 Å². The highest BCUT2D eigenvalue weighted by molar-refractivity contribution is 9.10. The Morgan fingerprint density at radius 2 is 2.25 bits per heavy atom. The van der Waals surface area contributed by atoms with Crippen LogP contribution in [0.5, 0.6) is 5.75 Å². The highest BCUT2D eigenvalue weighted by atomic mass is 79.9. The van der Waals surface area contributed by atoms with Gasteiger partial charge < -0.3 is 9.84 Å². The van der Waals surface area contributed by atoms with Gasteiger partial charge in [-0.3, -0.25) is 10.1 Å². The van der Waals surface area contributed by atoms with Crippen molar-refractivity contribution in [3.05, 3.63) is 37.9 Å². The predicted molar refractivity (Wildman–Crippen MR) is 61.1 cm³/mol. The van der Waals surface area contributed by atoms with Gasteiger partial charge >= 0.3 is 0 Å². The van der Waals surface area contributed by atoms with Gasteiger partial charge in [-0.25, -0.2) is 0 Å². The Morgan fingerprint density at radius 3 is 2.88 bits per heavy atom. The normalized spacial score (nSPS) is 18.4. The molecule has 0 aliphatic carbocycles. The van der Waals surface area contributed by atoms with Gasteiger partial charge in [-0.15, -0.1) is 0 Å². The lowest BCUT2D eigenvalue weighted by Crippen LogP contribution is -2.20. The Bertz CT molecular complexity index is 498. The number of nitro benzene ring substituents is 1. The quantitative estimate of drug-likeness (QED) is 0.635. The summed E-state index contributed by atoms with van der Waals surface area (Å²) in [4.78, 5) is 10.2. The molecule has 0 saturated carbocycles. The monoisotopic (exact) mass is 285 g/mol. The number of aliphatic hydroxyl groups excluding tert-OH is 1. The summed E-state index contributed by atoms with van der Waals surface area (Å²) in [6, 6.07) is 2.76. The molecule has 1 aliphatic rings. The fourth-order valence-electron chi connectivity index (χ4n) is 1.46. The smallest absolute Gasteiger partial charge is 0.271 e. The Labute approximate surface area is 99.6 Å². The van der Waals surface area contributed by atoms with Crippen LogP contribution in [0.4, 0.5) is 5.69 Å². The Hall–Kier alpha value is -1.40. The van der Waals surface area contributed by atoms with E-state index in [4.69, 9.17) is 4.74 Å². The summed E-state index contributed by atoms with van der Waals surface area (Å²) in [6.07, 6.45) is 0.673. The lowest BCUT2D eigenvalue weighted by molar-refractivity contribution is -0.385. The molecule has 2 rings (SSSR count). The minimum absolute atomic E-state index is 0.0188. The molecule has 1 heterocycles. The zero-order valence-corrected chi connectivity index (χ0v) is 9.89. The SMILES string of the molecule is CC1=Cc2cc([N+](=O)[O-])cc(Br)c2O[C@@H]1O. The topological polar surface area (TPSA) is 72.6 Å². The van der Waals surface area contributed by atoms with Crippen molar-refractivity contribution in [3.8, 4) is 5.75 Å². The molecule has 0 bridgehead atoms. The number of hydrogen-bond acceptors (Lipinski definition) is 4. The summed E-state index contributed by atoms with van der Waals surface area (Å²) in [5.74, 6) is 0.420. The van der Waals surface area contributed by atoms with Crippen LogP contribution in [0, 0.1) is 10.1 Å². The molecular formula is C10H8BrNO4. The number of fused-ring (bicyclic) bond motifs is 1. The second-order valence-corrected chi connectivity index (χ2v) is 4.32. The van der Waals surface area contributed by atoms with Gasteiger partial charge in [0.05, 0.1) is 9.40 Å². The number of nitro groups is 1. The molecule has 1 atom stereocenters. The zero-order valence-electron chi connectivity index (χ0n) is 8.31. The molecule has 0 fully saturated rings. The van der Waals surface area contributed by atoms with E-state index in [1.54, 1.807) is 13.0 Å². The van der Waals surface area contributed by atoms with E-state index in [2.05, 4.69) is 15.9 Å². The molecule has 5 nitrogen and oxygen atoms in total. The molecule has 84 valence electrons. The third kappa shape index (κ3) is 1.81. The van der Waals surface area contributed by atoms with Crippen molar-refractivity contribution in [2.24, 2.45) is 0 Å². The predicted octanol–water partition coefficient (Wildman–Crippen LogP) is 2.47. The molecule has 16 heavy (non-hydrogen) atoms. The van der Waals surface area contributed by atoms with Crippen molar-refractivity contribution < 1.29 is 14.8 Å². The number of nitrogens with zero attached hydrogens (tertiary/aromatic N) is 1. The molecule has 1 aromatic carbocycles. The van der Waals surface area contributed by atoms with Gasteiger partial charge in [0.2, 0.25) is 6.29 Å². The highest BCUT2D eigenvalue weighted by Gasteiger charge is 2.22. The minimum Gasteiger partial charge on any atom is -0.459 e. The molecule has 0 aromatic heterocycles. The Morgan fingerprint density at radius 1 is 1.56 bits per heavy atom. The first-order valence-electron chi connectivity index (χ1n) is 4.50. The van der Waals surface area contributed by atoms with Crippen molar-refractivity contribution in [1.82, 2.24) is 0 Å². The largest absolute Gasteiger partial charge is 0.459 e. The number of benzene rings is 1. The number of aliphatic hydroxyl groups is 1. The average Bonchev–Trinajstić information content (AvgIpc) is 2.20. The standard InChI is InChI=1S/C10H8BrNO4/c1-5-2-6-3-7(12(14)15)4-8(11)9(6)16-10(5)13/h2-4,10,13H,1H3/t10-/m0/s1. The first kappa shape index (κ1) is 11.1. The fraction of sp³-hybridized carbons (Fsp3) is 0.200. The van der Waals surface area contributed by atoms with E-state index in [1.165, 1.54) is 12.1 Å². The van der Waals surface area contributed by atoms with Crippen molar-refractivity contribution in [2.45, 2.75) is 13.2 Å². The van der Waals surface area contributed by atoms with Crippen LogP contribution in [0.2, 0.25) is 0 Å². The first-order chi connectivity index (χ1) is 7.49. The Balaban J connectivity index is 2.59. The van der Waals surface area contributed by atoms with E-state index < -0.39 is 11.2 Å². The summed E-state index contributed by atoms with van der Waals surface area (Å²) < 4.78 is 5.69. The fourth-order valence-corrected chi connectivity index (χ4v) is 2.01. The number of non-ortho nitro benzene ring substituents is 1. The molecule has 0 radical (unpaired) electrons. The van der Waals surface area contributed by atoms with Crippen LogP contribution in [0.15, 0.2) is 22.2 Å². The van der Waals surface area contributed by atoms with Crippen LogP contribution in [-0.4, -0.2) is 16.3 Å². The molecular weight excluding hydrogens is 278 g/mol. The zero-order chi connectivity index (χ0) is 11.9. The van der Waals surface area contributed by atoms with Gasteiger partial charge in [-0.05, 0) is 34.5 Å². The summed E-state index contributed by atoms with van der Waals surface area (Å²) in [6.45, 7) is 1.69. The third-order valence-corrected chi connectivity index (χ3v) is 2.86. The molecule has 0 saturated heterocycles. The van der Waals surface area contributed by atoms with E-state index in [-0.39, 0.29) is 5.69 Å². The van der Waals surface area contributed by atoms with E-state index >= 15 is 0 Å². The number of halogens is 1. The summed E-state index contributed by atoms with van der Waals surface area (Å²) in [7, 11) is 0. The molecule has 1 aliphatic heterocycles. The molecule has 0 unspecified atom stereocenters. The van der Waals surface area contributed by atoms with Gasteiger partial charge in [0.1, 0.15) is 5.75 Å². The summed E-state index contributed by atoms with van der Waals surface area (Å²) in [5, 5.41) is 20.1. The van der Waals surface area contributed by atoms with Crippen LogP contribution in [0.25, 0.3) is 6.08 Å². The molecule has 1 aromatic rings. The van der Waals surface area contributed by atoms with Crippen LogP contribution in [0.1, 0.15) is 12.5 Å². The second-order valence-electron chi connectivity index (χ2n) is 3.46. The van der Waals surface area contributed by atoms with Gasteiger partial charge in [-0.1, -0.05) is 0 Å². The van der Waals surface area contributed by atoms with Crippen LogP contribution < -0.4 is 4.74 Å². The average molecular weight is 286 g/mol. The van der Waals surface area contributed by atoms with Gasteiger partial charge in [0, 0.05) is 17.7 Å². The third-order valence-electron chi connectivity index (χ3n) is 2.27. The van der Waals surface area contributed by atoms with E-state index in [0.29, 0.717) is 21.4 Å². The van der Waals surface area contributed by atoms with Crippen molar-refractivity contribution in [3.63, 3.8) is 0 Å². The molecule has 6 heteroatoms. The lowest BCUT2D eigenvalue weighted by Gasteiger charge is -2.21. The van der Waals surface area contributed by atoms with Crippen LogP contribution in [0.3, 0.4) is 0 Å². The maximum Gasteiger partial charge on any atom is 0.271 e. The summed E-state index contributed by atoms with van der Waals surface area (Å²) >= 11 is 3.18. The van der Waals surface area contributed by atoms with Gasteiger partial charge in [0.25, 0.3) is 5.69 Å². The summed E-state index contributed by atoms with van der Waals surface area (Å²) in [5.41, 5.74) is 1.18. The van der Waals surface area contributed by atoms with Crippen molar-refractivity contribution in [2.75, 3.05) is 0 Å². The highest BCUT2D eigenvalue weighted by Crippen LogP contribution is 2.38. The molecule has 1 N–H and O–H groups in total. The van der Waals surface area contributed by atoms with Gasteiger partial charge in [0.15, 0.2) is 0 Å². The van der Waals surface area contributed by atoms with Crippen LogP contribution >= 0.6 is 15.9 Å². The second kappa shape index (κ2) is 3.88. The lowest BCUT2D eigenvalue weighted by atomic mass is 10.1. The number of ether oxygens (including phenoxy) is 1.